The van der Waals surface area contributed by atoms with Gasteiger partial charge < -0.3 is 10.3 Å². The van der Waals surface area contributed by atoms with E-state index in [0.29, 0.717) is 5.92 Å². The van der Waals surface area contributed by atoms with E-state index in [1.54, 1.807) is 0 Å². The van der Waals surface area contributed by atoms with Gasteiger partial charge in [0.05, 0.1) is 6.04 Å². The summed E-state index contributed by atoms with van der Waals surface area (Å²) >= 11 is 0. The number of aromatic nitrogens is 1. The van der Waals surface area contributed by atoms with Crippen LogP contribution >= 0.6 is 0 Å². The van der Waals surface area contributed by atoms with E-state index in [-0.39, 0.29) is 11.8 Å². The van der Waals surface area contributed by atoms with Gasteiger partial charge in [-0.25, -0.2) is 0 Å². The van der Waals surface area contributed by atoms with Crippen LogP contribution < -0.4 is 5.32 Å². The van der Waals surface area contributed by atoms with E-state index < -0.39 is 0 Å². The lowest BCUT2D eigenvalue weighted by Gasteiger charge is -2.21. The van der Waals surface area contributed by atoms with E-state index in [0.717, 1.165) is 28.6 Å². The zero-order valence-corrected chi connectivity index (χ0v) is 16.9. The van der Waals surface area contributed by atoms with Crippen molar-refractivity contribution in [1.82, 2.24) is 10.3 Å². The monoisotopic (exact) mass is 382 g/mol. The zero-order valence-electron chi connectivity index (χ0n) is 16.9. The van der Waals surface area contributed by atoms with Crippen molar-refractivity contribution in [3.05, 3.63) is 107 Å². The topological polar surface area (TPSA) is 44.9 Å². The van der Waals surface area contributed by atoms with Crippen LogP contribution in [0, 0.1) is 6.92 Å². The van der Waals surface area contributed by atoms with Crippen LogP contribution in [0.5, 0.6) is 0 Å². The van der Waals surface area contributed by atoms with E-state index >= 15 is 0 Å². The van der Waals surface area contributed by atoms with Crippen LogP contribution in [0.25, 0.3) is 10.9 Å². The predicted molar refractivity (Wildman–Crippen MR) is 119 cm³/mol. The lowest BCUT2D eigenvalue weighted by molar-refractivity contribution is 0.0944. The van der Waals surface area contributed by atoms with Gasteiger partial charge in [0.15, 0.2) is 5.78 Å². The minimum absolute atomic E-state index is 0.0877. The number of benzene rings is 3. The van der Waals surface area contributed by atoms with Crippen LogP contribution in [-0.4, -0.2) is 17.3 Å². The van der Waals surface area contributed by atoms with Crippen LogP contribution in [-0.2, 0) is 0 Å². The van der Waals surface area contributed by atoms with Gasteiger partial charge in [-0.1, -0.05) is 85.3 Å². The highest BCUT2D eigenvalue weighted by Gasteiger charge is 2.24. The molecule has 0 radical (unpaired) electrons. The minimum Gasteiger partial charge on any atom is -0.360 e. The lowest BCUT2D eigenvalue weighted by atomic mass is 9.95. The second-order valence-electron chi connectivity index (χ2n) is 7.68. The first-order valence-electron chi connectivity index (χ1n) is 10.1. The Hall–Kier alpha value is -3.17. The van der Waals surface area contributed by atoms with E-state index in [4.69, 9.17) is 0 Å². The Kier molecular flexibility index (Phi) is 5.59. The summed E-state index contributed by atoms with van der Waals surface area (Å²) in [6.07, 6.45) is 1.83. The zero-order chi connectivity index (χ0) is 20.2. The van der Waals surface area contributed by atoms with Gasteiger partial charge in [-0.3, -0.25) is 4.79 Å². The second kappa shape index (κ2) is 8.46. The minimum atomic E-state index is -0.386. The largest absolute Gasteiger partial charge is 0.360 e. The van der Waals surface area contributed by atoms with Gasteiger partial charge in [-0.15, -0.1) is 0 Å². The molecule has 0 spiro atoms. The second-order valence-corrected chi connectivity index (χ2v) is 7.68. The molecule has 0 amide bonds. The molecule has 3 heteroatoms. The molecule has 2 N–H and O–H groups in total. The summed E-state index contributed by atoms with van der Waals surface area (Å²) in [4.78, 5) is 16.8. The van der Waals surface area contributed by atoms with Crippen molar-refractivity contribution >= 4 is 16.7 Å². The summed E-state index contributed by atoms with van der Waals surface area (Å²) in [5, 5.41) is 4.50. The first-order valence-corrected chi connectivity index (χ1v) is 10.1. The van der Waals surface area contributed by atoms with Gasteiger partial charge in [-0.2, -0.15) is 0 Å². The predicted octanol–water partition coefficient (Wildman–Crippen LogP) is 5.79. The molecule has 0 fully saturated rings. The normalized spacial score (nSPS) is 13.3. The maximum absolute atomic E-state index is 13.5. The van der Waals surface area contributed by atoms with Crippen LogP contribution in [0.2, 0.25) is 0 Å². The van der Waals surface area contributed by atoms with Crippen LogP contribution in [0.3, 0.4) is 0 Å². The molecule has 3 aromatic carbocycles. The van der Waals surface area contributed by atoms with E-state index in [1.807, 2.05) is 60.8 Å². The van der Waals surface area contributed by atoms with Gasteiger partial charge in [-0.05, 0) is 30.0 Å². The van der Waals surface area contributed by atoms with Crippen molar-refractivity contribution in [2.75, 3.05) is 6.54 Å². The molecule has 3 nitrogen and oxygen atoms in total. The molecule has 0 saturated heterocycles. The first kappa shape index (κ1) is 19.2. The van der Waals surface area contributed by atoms with Gasteiger partial charge in [0, 0.05) is 29.2 Å². The highest BCUT2D eigenvalue weighted by molar-refractivity contribution is 6.10. The maximum Gasteiger partial charge on any atom is 0.186 e. The summed E-state index contributed by atoms with van der Waals surface area (Å²) in [5.41, 5.74) is 5.22. The van der Waals surface area contributed by atoms with Gasteiger partial charge in [0.1, 0.15) is 0 Å². The summed E-state index contributed by atoms with van der Waals surface area (Å²) in [6.45, 7) is 5.00. The Morgan fingerprint density at radius 1 is 0.897 bits per heavy atom. The molecule has 4 rings (SSSR count). The quantitative estimate of drug-likeness (QED) is 0.397. The summed E-state index contributed by atoms with van der Waals surface area (Å²) in [5.74, 6) is 0.391. The molecular weight excluding hydrogens is 356 g/mol. The number of nitrogens with one attached hydrogen (secondary N) is 2. The third kappa shape index (κ3) is 4.15. The highest BCUT2D eigenvalue weighted by Crippen LogP contribution is 2.25. The molecule has 0 aliphatic carbocycles. The number of aryl methyl sites for hydroxylation is 1. The summed E-state index contributed by atoms with van der Waals surface area (Å²) in [7, 11) is 0. The number of Topliss-reactive ketones (excluding diaryl/α,β-unsaturated/α-hetero) is 1. The number of hydrogen-bond acceptors (Lipinski definition) is 2. The third-order valence-electron chi connectivity index (χ3n) is 5.52. The molecule has 29 heavy (non-hydrogen) atoms. The Labute approximate surface area is 171 Å². The molecule has 2 atom stereocenters. The van der Waals surface area contributed by atoms with Gasteiger partial charge in [0.2, 0.25) is 0 Å². The average molecular weight is 383 g/mol. The summed E-state index contributed by atoms with van der Waals surface area (Å²) < 4.78 is 0. The van der Waals surface area contributed by atoms with Crippen molar-refractivity contribution < 1.29 is 4.79 Å². The highest BCUT2D eigenvalue weighted by atomic mass is 16.1. The molecule has 4 aromatic rings. The fourth-order valence-electron chi connectivity index (χ4n) is 3.75. The van der Waals surface area contributed by atoms with Crippen molar-refractivity contribution in [2.45, 2.75) is 25.8 Å². The number of rotatable bonds is 7. The fraction of sp³-hybridized carbons (Fsp3) is 0.192. The van der Waals surface area contributed by atoms with Gasteiger partial charge in [0.25, 0.3) is 0 Å². The Morgan fingerprint density at radius 3 is 2.34 bits per heavy atom. The number of carbonyl (C=O) groups is 1. The number of aromatic amines is 1. The van der Waals surface area contributed by atoms with Crippen LogP contribution in [0.4, 0.5) is 0 Å². The number of ketones is 1. The number of carbonyl (C=O) groups excluding carboxylic acids is 1. The number of para-hydroxylation sites is 1. The third-order valence-corrected chi connectivity index (χ3v) is 5.52. The smallest absolute Gasteiger partial charge is 0.186 e. The standard InChI is InChI=1S/C26H26N2O/c1-18-12-14-20(15-13-18)19(2)16-28-25(21-8-4-3-5-9-21)26(29)23-17-27-24-11-7-6-10-22(23)24/h3-15,17,19,25,27-28H,16H2,1-2H3/t19-,25+/m0/s1. The molecule has 146 valence electrons. The van der Waals surface area contributed by atoms with E-state index in [9.17, 15) is 4.79 Å². The molecule has 0 aliphatic rings. The van der Waals surface area contributed by atoms with Gasteiger partial charge >= 0.3 is 0 Å². The Morgan fingerprint density at radius 2 is 1.59 bits per heavy atom. The Balaban J connectivity index is 1.60. The molecule has 0 aliphatic heterocycles. The fourth-order valence-corrected chi connectivity index (χ4v) is 3.75. The first-order chi connectivity index (χ1) is 14.1. The van der Waals surface area contributed by atoms with Crippen LogP contribution in [0.1, 0.15) is 45.9 Å². The average Bonchev–Trinajstić information content (AvgIpc) is 3.19. The molecule has 1 heterocycles. The van der Waals surface area contributed by atoms with Crippen molar-refractivity contribution in [2.24, 2.45) is 0 Å². The van der Waals surface area contributed by atoms with Crippen molar-refractivity contribution in [1.29, 1.82) is 0 Å². The number of hydrogen-bond donors (Lipinski definition) is 2. The van der Waals surface area contributed by atoms with E-state index in [1.165, 1.54) is 11.1 Å². The number of H-pyrrole nitrogens is 1. The van der Waals surface area contributed by atoms with Crippen molar-refractivity contribution in [3.63, 3.8) is 0 Å². The van der Waals surface area contributed by atoms with Crippen LogP contribution in [0.15, 0.2) is 85.1 Å². The molecule has 0 unspecified atom stereocenters. The molecular formula is C26H26N2O. The lowest BCUT2D eigenvalue weighted by Crippen LogP contribution is -2.31. The molecule has 0 bridgehead atoms. The molecule has 1 aromatic heterocycles. The summed E-state index contributed by atoms with van der Waals surface area (Å²) in [6, 6.07) is 26.1. The molecule has 0 saturated carbocycles. The van der Waals surface area contributed by atoms with Crippen molar-refractivity contribution in [3.8, 4) is 0 Å². The van der Waals surface area contributed by atoms with E-state index in [2.05, 4.69) is 48.4 Å². The SMILES string of the molecule is Cc1ccc([C@@H](C)CN[C@@H](C(=O)c2c[nH]c3ccccc23)c2ccccc2)cc1. The maximum atomic E-state index is 13.5. The number of fused-ring (bicyclic) bond motifs is 1. The Bertz CT molecular complexity index is 1100.